The van der Waals surface area contributed by atoms with E-state index in [1.807, 2.05) is 0 Å². The molecule has 0 aliphatic carbocycles. The van der Waals surface area contributed by atoms with E-state index in [2.05, 4.69) is 9.71 Å². The molecule has 6 nitrogen and oxygen atoms in total. The minimum atomic E-state index is -4.09. The number of sulfonamides is 1. The van der Waals surface area contributed by atoms with Crippen LogP contribution in [0.4, 0.5) is 10.1 Å². The van der Waals surface area contributed by atoms with E-state index in [0.717, 1.165) is 6.07 Å². The highest BCUT2D eigenvalue weighted by Gasteiger charge is 2.21. The van der Waals surface area contributed by atoms with Gasteiger partial charge in [0.15, 0.2) is 0 Å². The van der Waals surface area contributed by atoms with Crippen LogP contribution in [0.2, 0.25) is 5.02 Å². The Kier molecular flexibility index (Phi) is 6.92. The molecule has 162 valence electrons. The molecule has 0 unspecified atom stereocenters. The van der Waals surface area contributed by atoms with E-state index in [-0.39, 0.29) is 33.6 Å². The zero-order chi connectivity index (χ0) is 22.6. The third kappa shape index (κ3) is 5.59. The van der Waals surface area contributed by atoms with E-state index >= 15 is 0 Å². The number of carbonyl (C=O) groups is 1. The van der Waals surface area contributed by atoms with Crippen LogP contribution in [0.25, 0.3) is 11.1 Å². The Hall–Kier alpha value is -2.97. The number of pyridine rings is 1. The van der Waals surface area contributed by atoms with Crippen LogP contribution in [0.3, 0.4) is 0 Å². The van der Waals surface area contributed by atoms with Crippen molar-refractivity contribution >= 4 is 33.3 Å². The molecule has 9 heteroatoms. The van der Waals surface area contributed by atoms with Crippen molar-refractivity contribution in [2.45, 2.75) is 25.2 Å². The van der Waals surface area contributed by atoms with Gasteiger partial charge in [-0.25, -0.2) is 12.8 Å². The van der Waals surface area contributed by atoms with Gasteiger partial charge in [0.05, 0.1) is 18.7 Å². The van der Waals surface area contributed by atoms with E-state index in [4.69, 9.17) is 16.3 Å². The lowest BCUT2D eigenvalue weighted by Crippen LogP contribution is -2.15. The van der Waals surface area contributed by atoms with Crippen LogP contribution in [0.15, 0.2) is 59.8 Å². The van der Waals surface area contributed by atoms with Crippen molar-refractivity contribution in [2.24, 2.45) is 0 Å². The normalized spacial score (nSPS) is 11.2. The van der Waals surface area contributed by atoms with E-state index in [0.29, 0.717) is 23.3 Å². The molecule has 0 aliphatic rings. The predicted molar refractivity (Wildman–Crippen MR) is 117 cm³/mol. The van der Waals surface area contributed by atoms with Crippen LogP contribution in [0, 0.1) is 12.7 Å². The molecule has 0 saturated heterocycles. The first-order valence-electron chi connectivity index (χ1n) is 9.38. The molecule has 0 spiro atoms. The average molecular weight is 463 g/mol. The molecule has 2 aromatic carbocycles. The van der Waals surface area contributed by atoms with E-state index in [1.165, 1.54) is 24.5 Å². The number of esters is 1. The molecule has 1 heterocycles. The van der Waals surface area contributed by atoms with Gasteiger partial charge in [0.1, 0.15) is 10.7 Å². The average Bonchev–Trinajstić information content (AvgIpc) is 2.70. The van der Waals surface area contributed by atoms with Crippen molar-refractivity contribution in [1.29, 1.82) is 0 Å². The zero-order valence-electron chi connectivity index (χ0n) is 16.9. The summed E-state index contributed by atoms with van der Waals surface area (Å²) in [5, 5.41) is 0.114. The first kappa shape index (κ1) is 22.7. The van der Waals surface area contributed by atoms with Gasteiger partial charge in [0.2, 0.25) is 0 Å². The molecule has 1 N–H and O–H groups in total. The molecule has 3 aromatic rings. The highest BCUT2D eigenvalue weighted by molar-refractivity contribution is 7.92. The van der Waals surface area contributed by atoms with Crippen molar-refractivity contribution in [1.82, 2.24) is 4.98 Å². The van der Waals surface area contributed by atoms with Gasteiger partial charge in [0, 0.05) is 23.0 Å². The quantitative estimate of drug-likeness (QED) is 0.512. The minimum Gasteiger partial charge on any atom is -0.466 e. The maximum absolute atomic E-state index is 14.8. The van der Waals surface area contributed by atoms with E-state index in [1.54, 1.807) is 38.1 Å². The first-order chi connectivity index (χ1) is 14.7. The Labute approximate surface area is 185 Å². The Balaban J connectivity index is 1.98. The predicted octanol–water partition coefficient (Wildman–Crippen LogP) is 4.76. The smallest absolute Gasteiger partial charge is 0.310 e. The maximum atomic E-state index is 14.8. The molecule has 0 aliphatic heterocycles. The third-order valence-corrected chi connectivity index (χ3v) is 5.91. The van der Waals surface area contributed by atoms with E-state index < -0.39 is 15.8 Å². The van der Waals surface area contributed by atoms with Crippen LogP contribution in [-0.2, 0) is 26.0 Å². The monoisotopic (exact) mass is 462 g/mol. The molecule has 0 bridgehead atoms. The van der Waals surface area contributed by atoms with Crippen LogP contribution < -0.4 is 4.72 Å². The SMILES string of the molecule is CCOC(=O)Cc1ccc(-c2cc(Cl)cc(F)c2NS(=O)(=O)c2cncc(C)c2)cc1. The molecule has 31 heavy (non-hydrogen) atoms. The van der Waals surface area contributed by atoms with Gasteiger partial charge in [-0.1, -0.05) is 35.9 Å². The van der Waals surface area contributed by atoms with Crippen molar-refractivity contribution in [3.8, 4) is 11.1 Å². The summed E-state index contributed by atoms with van der Waals surface area (Å²) in [5.41, 5.74) is 1.91. The lowest BCUT2D eigenvalue weighted by atomic mass is 10.0. The molecule has 0 amide bonds. The van der Waals surface area contributed by atoms with Crippen molar-refractivity contribution < 1.29 is 22.3 Å². The van der Waals surface area contributed by atoms with Gasteiger partial charge in [-0.15, -0.1) is 0 Å². The minimum absolute atomic E-state index is 0.0856. The Morgan fingerprint density at radius 2 is 1.87 bits per heavy atom. The van der Waals surface area contributed by atoms with Crippen LogP contribution in [0.1, 0.15) is 18.1 Å². The lowest BCUT2D eigenvalue weighted by molar-refractivity contribution is -0.142. The summed E-state index contributed by atoms with van der Waals surface area (Å²) in [6.07, 6.45) is 2.80. The molecular formula is C22H20ClFN2O4S. The Bertz CT molecular complexity index is 1210. The van der Waals surface area contributed by atoms with Crippen LogP contribution >= 0.6 is 11.6 Å². The Morgan fingerprint density at radius 3 is 2.52 bits per heavy atom. The number of nitrogens with zero attached hydrogens (tertiary/aromatic N) is 1. The highest BCUT2D eigenvalue weighted by atomic mass is 35.5. The number of aromatic nitrogens is 1. The number of ether oxygens (including phenoxy) is 1. The number of halogens is 2. The number of aryl methyl sites for hydroxylation is 1. The van der Waals surface area contributed by atoms with Crippen LogP contribution in [-0.4, -0.2) is 26.0 Å². The number of carbonyl (C=O) groups excluding carboxylic acids is 1. The van der Waals surface area contributed by atoms with Gasteiger partial charge in [-0.3, -0.25) is 14.5 Å². The fourth-order valence-electron chi connectivity index (χ4n) is 2.95. The summed E-state index contributed by atoms with van der Waals surface area (Å²) >= 11 is 6.03. The first-order valence-corrected chi connectivity index (χ1v) is 11.2. The molecule has 3 rings (SSSR count). The zero-order valence-corrected chi connectivity index (χ0v) is 18.4. The van der Waals surface area contributed by atoms with Crippen molar-refractivity contribution in [3.63, 3.8) is 0 Å². The summed E-state index contributed by atoms with van der Waals surface area (Å²) < 4.78 is 47.6. The summed E-state index contributed by atoms with van der Waals surface area (Å²) in [7, 11) is -4.09. The van der Waals surface area contributed by atoms with Gasteiger partial charge < -0.3 is 4.74 Å². The number of anilines is 1. The fraction of sp³-hybridized carbons (Fsp3) is 0.182. The second-order valence-corrected chi connectivity index (χ2v) is 8.91. The van der Waals surface area contributed by atoms with Crippen LogP contribution in [0.5, 0.6) is 0 Å². The lowest BCUT2D eigenvalue weighted by Gasteiger charge is -2.15. The second-order valence-electron chi connectivity index (χ2n) is 6.79. The Morgan fingerprint density at radius 1 is 1.16 bits per heavy atom. The molecule has 1 aromatic heterocycles. The van der Waals surface area contributed by atoms with Gasteiger partial charge in [-0.05, 0) is 48.7 Å². The topological polar surface area (TPSA) is 85.4 Å². The number of hydrogen-bond acceptors (Lipinski definition) is 5. The number of hydrogen-bond donors (Lipinski definition) is 1. The van der Waals surface area contributed by atoms with Gasteiger partial charge in [0.25, 0.3) is 10.0 Å². The van der Waals surface area contributed by atoms with Gasteiger partial charge >= 0.3 is 5.97 Å². The summed E-state index contributed by atoms with van der Waals surface area (Å²) in [5.74, 6) is -1.17. The third-order valence-electron chi connectivity index (χ3n) is 4.37. The highest BCUT2D eigenvalue weighted by Crippen LogP contribution is 2.35. The summed E-state index contributed by atoms with van der Waals surface area (Å²) in [4.78, 5) is 15.5. The largest absolute Gasteiger partial charge is 0.466 e. The standard InChI is InChI=1S/C22H20ClFN2O4S/c1-3-30-21(27)9-15-4-6-16(7-5-15)19-10-17(23)11-20(24)22(19)26-31(28,29)18-8-14(2)12-25-13-18/h4-8,10-13,26H,3,9H2,1-2H3. The molecule has 0 radical (unpaired) electrons. The number of nitrogens with one attached hydrogen (secondary N) is 1. The van der Waals surface area contributed by atoms with Gasteiger partial charge in [-0.2, -0.15) is 0 Å². The number of rotatable bonds is 7. The van der Waals surface area contributed by atoms with E-state index in [9.17, 15) is 17.6 Å². The van der Waals surface area contributed by atoms with Crippen molar-refractivity contribution in [3.05, 3.63) is 76.8 Å². The second kappa shape index (κ2) is 9.45. The molecule has 0 saturated carbocycles. The summed E-state index contributed by atoms with van der Waals surface area (Å²) in [6.45, 7) is 3.72. The molecule has 0 atom stereocenters. The number of benzene rings is 2. The maximum Gasteiger partial charge on any atom is 0.310 e. The molecular weight excluding hydrogens is 443 g/mol. The van der Waals surface area contributed by atoms with Crippen molar-refractivity contribution in [2.75, 3.05) is 11.3 Å². The summed E-state index contributed by atoms with van der Waals surface area (Å²) in [6, 6.07) is 10.6. The molecule has 0 fully saturated rings. The fourth-order valence-corrected chi connectivity index (χ4v) is 4.29.